The first-order valence-electron chi connectivity index (χ1n) is 11.9. The largest absolute Gasteiger partial charge is 0.416 e. The highest BCUT2D eigenvalue weighted by atomic mass is 32.1. The maximum atomic E-state index is 13.5. The first-order chi connectivity index (χ1) is 16.5. The van der Waals surface area contributed by atoms with E-state index >= 15 is 0 Å². The number of alkyl halides is 3. The van der Waals surface area contributed by atoms with Gasteiger partial charge in [-0.3, -0.25) is 9.69 Å². The molecule has 2 aliphatic heterocycles. The SMILES string of the molecule is CC(C)(C)c1cn(C[C@H]2CCCO2)/c(=N/C(=O)c2cc(C(F)(F)F)ccc2CN2CCOCC2)s1. The Labute approximate surface area is 207 Å². The van der Waals surface area contributed by atoms with E-state index in [1.54, 1.807) is 0 Å². The van der Waals surface area contributed by atoms with Gasteiger partial charge in [-0.1, -0.05) is 26.8 Å². The lowest BCUT2D eigenvalue weighted by Crippen LogP contribution is -2.36. The summed E-state index contributed by atoms with van der Waals surface area (Å²) in [5.41, 5.74) is -0.486. The number of morpholine rings is 1. The van der Waals surface area contributed by atoms with Crippen molar-refractivity contribution in [1.29, 1.82) is 0 Å². The normalized spacial score (nSPS) is 20.5. The van der Waals surface area contributed by atoms with Crippen LogP contribution in [-0.4, -0.2) is 54.4 Å². The summed E-state index contributed by atoms with van der Waals surface area (Å²) in [5.74, 6) is -0.664. The van der Waals surface area contributed by atoms with E-state index in [2.05, 4.69) is 30.7 Å². The molecule has 6 nitrogen and oxygen atoms in total. The van der Waals surface area contributed by atoms with Crippen molar-refractivity contribution < 1.29 is 27.4 Å². The minimum absolute atomic E-state index is 0.0132. The topological polar surface area (TPSA) is 56.1 Å². The van der Waals surface area contributed by atoms with Gasteiger partial charge in [-0.2, -0.15) is 18.2 Å². The van der Waals surface area contributed by atoms with Crippen LogP contribution in [0.25, 0.3) is 0 Å². The zero-order chi connectivity index (χ0) is 25.2. The van der Waals surface area contributed by atoms with Crippen molar-refractivity contribution in [2.45, 2.75) is 64.4 Å². The fourth-order valence-electron chi connectivity index (χ4n) is 4.19. The summed E-state index contributed by atoms with van der Waals surface area (Å²) in [6.07, 6.45) is -0.606. The number of benzene rings is 1. The summed E-state index contributed by atoms with van der Waals surface area (Å²) in [6.45, 7) is 10.3. The van der Waals surface area contributed by atoms with Gasteiger partial charge in [-0.25, -0.2) is 0 Å². The zero-order valence-electron chi connectivity index (χ0n) is 20.4. The standard InChI is InChI=1S/C25H32F3N3O3S/c1-24(2,3)21-16-31(15-19-5-4-10-34-19)23(35-21)29-22(32)20-13-18(25(26,27)28)7-6-17(20)14-30-8-11-33-12-9-30/h6-7,13,16,19H,4-5,8-12,14-15H2,1-3H3/b29-23-/t19-/m1/s1. The van der Waals surface area contributed by atoms with Crippen molar-refractivity contribution in [2.24, 2.45) is 4.99 Å². The molecule has 0 N–H and O–H groups in total. The number of nitrogens with zero attached hydrogens (tertiary/aromatic N) is 3. The number of amides is 1. The lowest BCUT2D eigenvalue weighted by molar-refractivity contribution is -0.137. The van der Waals surface area contributed by atoms with E-state index in [0.29, 0.717) is 56.4 Å². The third-order valence-electron chi connectivity index (χ3n) is 6.25. The van der Waals surface area contributed by atoms with Crippen molar-refractivity contribution in [3.63, 3.8) is 0 Å². The number of carbonyl (C=O) groups is 1. The van der Waals surface area contributed by atoms with E-state index in [1.165, 1.54) is 17.4 Å². The van der Waals surface area contributed by atoms with Crippen LogP contribution in [0, 0.1) is 0 Å². The van der Waals surface area contributed by atoms with Gasteiger partial charge in [0, 0.05) is 42.9 Å². The van der Waals surface area contributed by atoms with E-state index in [0.717, 1.165) is 29.9 Å². The lowest BCUT2D eigenvalue weighted by atomic mass is 9.95. The highest BCUT2D eigenvalue weighted by molar-refractivity contribution is 7.09. The zero-order valence-corrected chi connectivity index (χ0v) is 21.2. The van der Waals surface area contributed by atoms with Gasteiger partial charge in [0.25, 0.3) is 5.91 Å². The van der Waals surface area contributed by atoms with E-state index in [4.69, 9.17) is 9.47 Å². The molecule has 1 aromatic heterocycles. The molecule has 0 saturated carbocycles. The van der Waals surface area contributed by atoms with Crippen LogP contribution >= 0.6 is 11.3 Å². The van der Waals surface area contributed by atoms with Crippen LogP contribution < -0.4 is 4.80 Å². The molecule has 192 valence electrons. The van der Waals surface area contributed by atoms with E-state index in [-0.39, 0.29) is 17.1 Å². The molecule has 35 heavy (non-hydrogen) atoms. The number of ether oxygens (including phenoxy) is 2. The third kappa shape index (κ3) is 6.61. The molecule has 0 bridgehead atoms. The molecule has 2 aliphatic rings. The number of thiazole rings is 1. The number of aromatic nitrogens is 1. The highest BCUT2D eigenvalue weighted by Crippen LogP contribution is 2.31. The summed E-state index contributed by atoms with van der Waals surface area (Å²) < 4.78 is 53.5. The van der Waals surface area contributed by atoms with Crippen LogP contribution in [0.2, 0.25) is 0 Å². The molecule has 0 unspecified atom stereocenters. The Hall–Kier alpha value is -2.01. The van der Waals surface area contributed by atoms with Gasteiger partial charge in [0.1, 0.15) is 0 Å². The van der Waals surface area contributed by atoms with Crippen molar-refractivity contribution in [3.8, 4) is 0 Å². The minimum atomic E-state index is -4.55. The van der Waals surface area contributed by atoms with Crippen molar-refractivity contribution >= 4 is 17.2 Å². The van der Waals surface area contributed by atoms with Gasteiger partial charge in [0.15, 0.2) is 4.80 Å². The van der Waals surface area contributed by atoms with E-state index in [9.17, 15) is 18.0 Å². The molecular formula is C25H32F3N3O3S. The number of rotatable bonds is 5. The Morgan fingerprint density at radius 2 is 1.91 bits per heavy atom. The Balaban J connectivity index is 1.72. The second kappa shape index (κ2) is 10.5. The maximum Gasteiger partial charge on any atom is 0.416 e. The fourth-order valence-corrected chi connectivity index (χ4v) is 5.25. The molecule has 10 heteroatoms. The first kappa shape index (κ1) is 26.1. The second-order valence-corrected chi connectivity index (χ2v) is 11.1. The van der Waals surface area contributed by atoms with Gasteiger partial charge in [0.05, 0.1) is 31.4 Å². The quantitative estimate of drug-likeness (QED) is 0.588. The van der Waals surface area contributed by atoms with Crippen molar-refractivity contribution in [1.82, 2.24) is 9.47 Å². The molecule has 2 aromatic rings. The highest BCUT2D eigenvalue weighted by Gasteiger charge is 2.32. The minimum Gasteiger partial charge on any atom is -0.379 e. The summed E-state index contributed by atoms with van der Waals surface area (Å²) in [4.78, 5) is 21.3. The molecule has 0 aliphatic carbocycles. The molecule has 2 fully saturated rings. The molecule has 1 atom stereocenters. The summed E-state index contributed by atoms with van der Waals surface area (Å²) in [6, 6.07) is 3.37. The average molecular weight is 512 g/mol. The van der Waals surface area contributed by atoms with Gasteiger partial charge in [-0.05, 0) is 36.0 Å². The summed E-state index contributed by atoms with van der Waals surface area (Å²) in [5, 5.41) is 0. The number of hydrogen-bond donors (Lipinski definition) is 0. The Bertz CT molecular complexity index is 1110. The van der Waals surface area contributed by atoms with Crippen LogP contribution in [-0.2, 0) is 34.2 Å². The molecule has 0 spiro atoms. The van der Waals surface area contributed by atoms with Crippen LogP contribution in [0.4, 0.5) is 13.2 Å². The Kier molecular flexibility index (Phi) is 7.85. The van der Waals surface area contributed by atoms with Crippen LogP contribution in [0.1, 0.15) is 60.0 Å². The first-order valence-corrected chi connectivity index (χ1v) is 12.7. The smallest absolute Gasteiger partial charge is 0.379 e. The lowest BCUT2D eigenvalue weighted by Gasteiger charge is -2.27. The van der Waals surface area contributed by atoms with Gasteiger partial charge >= 0.3 is 6.18 Å². The molecular weight excluding hydrogens is 479 g/mol. The number of carbonyl (C=O) groups excluding carboxylic acids is 1. The van der Waals surface area contributed by atoms with Gasteiger partial charge in [0.2, 0.25) is 0 Å². The van der Waals surface area contributed by atoms with Crippen LogP contribution in [0.3, 0.4) is 0 Å². The molecule has 0 radical (unpaired) electrons. The molecule has 1 amide bonds. The number of halogens is 3. The fraction of sp³-hybridized carbons (Fsp3) is 0.600. The average Bonchev–Trinajstić information content (AvgIpc) is 3.44. The third-order valence-corrected chi connectivity index (χ3v) is 7.69. The summed E-state index contributed by atoms with van der Waals surface area (Å²) >= 11 is 1.39. The van der Waals surface area contributed by atoms with E-state index < -0.39 is 17.6 Å². The van der Waals surface area contributed by atoms with Crippen LogP contribution in [0.15, 0.2) is 29.4 Å². The second-order valence-electron chi connectivity index (χ2n) is 10.1. The van der Waals surface area contributed by atoms with Crippen molar-refractivity contribution in [2.75, 3.05) is 32.9 Å². The monoisotopic (exact) mass is 511 g/mol. The molecule has 2 saturated heterocycles. The molecule has 4 rings (SSSR count). The molecule has 1 aromatic carbocycles. The van der Waals surface area contributed by atoms with Gasteiger partial charge < -0.3 is 14.0 Å². The predicted molar refractivity (Wildman–Crippen MR) is 127 cm³/mol. The Morgan fingerprint density at radius 1 is 1.17 bits per heavy atom. The van der Waals surface area contributed by atoms with Gasteiger partial charge in [-0.15, -0.1) is 11.3 Å². The predicted octanol–water partition coefficient (Wildman–Crippen LogP) is 4.62. The molecule has 3 heterocycles. The number of hydrogen-bond acceptors (Lipinski definition) is 5. The maximum absolute atomic E-state index is 13.5. The van der Waals surface area contributed by atoms with Crippen LogP contribution in [0.5, 0.6) is 0 Å². The van der Waals surface area contributed by atoms with E-state index in [1.807, 2.05) is 10.8 Å². The van der Waals surface area contributed by atoms with Crippen molar-refractivity contribution in [3.05, 3.63) is 50.8 Å². The Morgan fingerprint density at radius 3 is 2.54 bits per heavy atom. The summed E-state index contributed by atoms with van der Waals surface area (Å²) in [7, 11) is 0.